The van der Waals surface area contributed by atoms with Crippen LogP contribution in [0.25, 0.3) is 0 Å². The standard InChI is InChI=1S/C9H14N4O4/c1-4(7(14)15)13-6-5(10-8(13)16)11(2)9(17)12(6)3/h4-6H,1-3H3,(H,10,16)(H,14,15)/p-1/t4-,5-,6-/m0/s1. The average molecular weight is 241 g/mol. The number of hydrogen-bond acceptors (Lipinski definition) is 4. The Balaban J connectivity index is 2.33. The fraction of sp³-hybridized carbons (Fsp3) is 0.667. The zero-order valence-electron chi connectivity index (χ0n) is 9.71. The summed E-state index contributed by atoms with van der Waals surface area (Å²) in [5.74, 6) is -1.35. The second kappa shape index (κ2) is 3.51. The Bertz CT molecular complexity index is 398. The van der Waals surface area contributed by atoms with E-state index in [1.54, 1.807) is 7.05 Å². The Hall–Kier alpha value is -1.99. The van der Waals surface area contributed by atoms with Crippen LogP contribution >= 0.6 is 0 Å². The van der Waals surface area contributed by atoms with Crippen molar-refractivity contribution in [1.82, 2.24) is 20.0 Å². The van der Waals surface area contributed by atoms with Gasteiger partial charge in [0, 0.05) is 14.1 Å². The molecule has 0 aromatic carbocycles. The third kappa shape index (κ3) is 1.40. The van der Waals surface area contributed by atoms with E-state index in [1.807, 2.05) is 0 Å². The first-order chi connectivity index (χ1) is 7.86. The molecule has 8 nitrogen and oxygen atoms in total. The van der Waals surface area contributed by atoms with E-state index >= 15 is 0 Å². The van der Waals surface area contributed by atoms with Gasteiger partial charge in [-0.3, -0.25) is 4.90 Å². The van der Waals surface area contributed by atoms with Crippen LogP contribution in [0.2, 0.25) is 0 Å². The number of hydrogen-bond donors (Lipinski definition) is 1. The van der Waals surface area contributed by atoms with E-state index in [-0.39, 0.29) is 6.03 Å². The van der Waals surface area contributed by atoms with Gasteiger partial charge in [0.15, 0.2) is 0 Å². The molecule has 0 spiro atoms. The number of nitrogens with one attached hydrogen (secondary N) is 1. The van der Waals surface area contributed by atoms with Crippen LogP contribution in [0.15, 0.2) is 0 Å². The van der Waals surface area contributed by atoms with Crippen molar-refractivity contribution in [2.24, 2.45) is 0 Å². The number of aliphatic carboxylic acids is 1. The van der Waals surface area contributed by atoms with Gasteiger partial charge in [-0.1, -0.05) is 0 Å². The summed E-state index contributed by atoms with van der Waals surface area (Å²) < 4.78 is 0. The lowest BCUT2D eigenvalue weighted by Gasteiger charge is -2.32. The van der Waals surface area contributed by atoms with E-state index in [9.17, 15) is 19.5 Å². The first kappa shape index (κ1) is 11.5. The molecule has 17 heavy (non-hydrogen) atoms. The number of likely N-dealkylation sites (N-methyl/N-ethyl adjacent to an activating group) is 2. The second-order valence-electron chi connectivity index (χ2n) is 4.21. The first-order valence-corrected chi connectivity index (χ1v) is 5.15. The van der Waals surface area contributed by atoms with E-state index in [0.29, 0.717) is 0 Å². The van der Waals surface area contributed by atoms with Crippen LogP contribution in [0.5, 0.6) is 0 Å². The normalized spacial score (nSPS) is 29.5. The maximum absolute atomic E-state index is 11.7. The number of amides is 4. The molecule has 0 unspecified atom stereocenters. The van der Waals surface area contributed by atoms with Gasteiger partial charge in [-0.05, 0) is 6.92 Å². The summed E-state index contributed by atoms with van der Waals surface area (Å²) in [6.07, 6.45) is -1.14. The predicted octanol–water partition coefficient (Wildman–Crippen LogP) is -2.20. The zero-order chi connectivity index (χ0) is 12.9. The number of nitrogens with zero attached hydrogens (tertiary/aromatic N) is 3. The van der Waals surface area contributed by atoms with Crippen molar-refractivity contribution in [3.05, 3.63) is 0 Å². The van der Waals surface area contributed by atoms with Crippen LogP contribution in [0, 0.1) is 0 Å². The lowest BCUT2D eigenvalue weighted by molar-refractivity contribution is -0.310. The lowest BCUT2D eigenvalue weighted by Crippen LogP contribution is -2.54. The van der Waals surface area contributed by atoms with Crippen LogP contribution in [-0.2, 0) is 4.79 Å². The minimum atomic E-state index is -1.35. The summed E-state index contributed by atoms with van der Waals surface area (Å²) in [5, 5.41) is 13.4. The molecule has 0 radical (unpaired) electrons. The van der Waals surface area contributed by atoms with Crippen molar-refractivity contribution in [2.75, 3.05) is 14.1 Å². The third-order valence-corrected chi connectivity index (χ3v) is 3.25. The Morgan fingerprint density at radius 2 is 1.94 bits per heavy atom. The smallest absolute Gasteiger partial charge is 0.323 e. The van der Waals surface area contributed by atoms with E-state index in [0.717, 1.165) is 4.90 Å². The third-order valence-electron chi connectivity index (χ3n) is 3.25. The van der Waals surface area contributed by atoms with E-state index < -0.39 is 30.4 Å². The van der Waals surface area contributed by atoms with Gasteiger partial charge in [-0.15, -0.1) is 0 Å². The van der Waals surface area contributed by atoms with Crippen LogP contribution < -0.4 is 10.4 Å². The van der Waals surface area contributed by atoms with Gasteiger partial charge >= 0.3 is 12.1 Å². The topological polar surface area (TPSA) is 96.0 Å². The summed E-state index contributed by atoms with van der Waals surface area (Å²) in [7, 11) is 3.08. The molecule has 0 bridgehead atoms. The number of carbonyl (C=O) groups excluding carboxylic acids is 3. The largest absolute Gasteiger partial charge is 0.548 e. The van der Waals surface area contributed by atoms with Gasteiger partial charge in [-0.25, -0.2) is 9.59 Å². The molecule has 3 atom stereocenters. The molecule has 0 aromatic rings. The Labute approximate surface area is 97.8 Å². The Kier molecular flexibility index (Phi) is 2.37. The second-order valence-corrected chi connectivity index (χ2v) is 4.21. The molecule has 2 rings (SSSR count). The highest BCUT2D eigenvalue weighted by molar-refractivity contribution is 5.87. The summed E-state index contributed by atoms with van der Waals surface area (Å²) in [6.45, 7) is 1.36. The SMILES string of the molecule is C[C@@H](C(=O)[O-])N1C(=O)N[C@@H]2[C@H]1N(C)C(=O)N2C. The molecule has 1 N–H and O–H groups in total. The maximum Gasteiger partial charge on any atom is 0.323 e. The van der Waals surface area contributed by atoms with E-state index in [1.165, 1.54) is 23.8 Å². The molecule has 0 aliphatic carbocycles. The minimum absolute atomic E-state index is 0.268. The van der Waals surface area contributed by atoms with Crippen molar-refractivity contribution < 1.29 is 19.5 Å². The molecular formula is C9H13N4O4-. The van der Waals surface area contributed by atoms with Gasteiger partial charge in [0.1, 0.15) is 12.3 Å². The summed E-state index contributed by atoms with van der Waals surface area (Å²) in [6, 6.07) is -1.87. The van der Waals surface area contributed by atoms with Crippen molar-refractivity contribution >= 4 is 18.0 Å². The minimum Gasteiger partial charge on any atom is -0.548 e. The number of carboxylic acid groups (broad SMARTS) is 1. The molecule has 94 valence electrons. The molecule has 0 aromatic heterocycles. The molecular weight excluding hydrogens is 228 g/mol. The van der Waals surface area contributed by atoms with Crippen LogP contribution in [0.4, 0.5) is 9.59 Å². The molecule has 8 heteroatoms. The van der Waals surface area contributed by atoms with Crippen molar-refractivity contribution in [3.8, 4) is 0 Å². The van der Waals surface area contributed by atoms with E-state index in [4.69, 9.17) is 0 Å². The fourth-order valence-corrected chi connectivity index (χ4v) is 2.24. The van der Waals surface area contributed by atoms with Crippen molar-refractivity contribution in [2.45, 2.75) is 25.3 Å². The quantitative estimate of drug-likeness (QED) is 0.593. The number of fused-ring (bicyclic) bond motifs is 1. The molecule has 2 aliphatic rings. The Morgan fingerprint density at radius 1 is 1.35 bits per heavy atom. The van der Waals surface area contributed by atoms with E-state index in [2.05, 4.69) is 5.32 Å². The first-order valence-electron chi connectivity index (χ1n) is 5.15. The van der Waals surface area contributed by atoms with Crippen LogP contribution in [0.1, 0.15) is 6.92 Å². The highest BCUT2D eigenvalue weighted by Gasteiger charge is 2.53. The van der Waals surface area contributed by atoms with Crippen molar-refractivity contribution in [3.63, 3.8) is 0 Å². The molecule has 2 fully saturated rings. The van der Waals surface area contributed by atoms with Crippen LogP contribution in [-0.4, -0.2) is 65.2 Å². The van der Waals surface area contributed by atoms with Gasteiger partial charge in [0.2, 0.25) is 0 Å². The molecule has 2 aliphatic heterocycles. The van der Waals surface area contributed by atoms with Gasteiger partial charge in [0.05, 0.1) is 12.0 Å². The summed E-state index contributed by atoms with van der Waals surface area (Å²) >= 11 is 0. The average Bonchev–Trinajstić information content (AvgIpc) is 2.70. The molecule has 2 heterocycles. The lowest BCUT2D eigenvalue weighted by atomic mass is 10.2. The van der Waals surface area contributed by atoms with Gasteiger partial charge in [0.25, 0.3) is 0 Å². The maximum atomic E-state index is 11.7. The highest BCUT2D eigenvalue weighted by atomic mass is 16.4. The molecule has 2 saturated heterocycles. The predicted molar refractivity (Wildman–Crippen MR) is 53.3 cm³/mol. The zero-order valence-corrected chi connectivity index (χ0v) is 9.71. The molecule has 4 amide bonds. The molecule has 0 saturated carbocycles. The van der Waals surface area contributed by atoms with Crippen LogP contribution in [0.3, 0.4) is 0 Å². The fourth-order valence-electron chi connectivity index (χ4n) is 2.24. The number of carboxylic acids is 1. The number of carbonyl (C=O) groups is 3. The number of urea groups is 2. The summed E-state index contributed by atoms with van der Waals surface area (Å²) in [5.41, 5.74) is 0. The van der Waals surface area contributed by atoms with Gasteiger partial charge < -0.3 is 25.0 Å². The Morgan fingerprint density at radius 3 is 2.47 bits per heavy atom. The number of rotatable bonds is 2. The summed E-state index contributed by atoms with van der Waals surface area (Å²) in [4.78, 5) is 38.0. The van der Waals surface area contributed by atoms with Gasteiger partial charge in [-0.2, -0.15) is 0 Å². The van der Waals surface area contributed by atoms with Crippen molar-refractivity contribution in [1.29, 1.82) is 0 Å². The monoisotopic (exact) mass is 241 g/mol. The highest BCUT2D eigenvalue weighted by Crippen LogP contribution is 2.27.